The lowest BCUT2D eigenvalue weighted by Gasteiger charge is -2.40. The van der Waals surface area contributed by atoms with Crippen molar-refractivity contribution in [2.45, 2.75) is 64.0 Å². The molecule has 0 aliphatic rings. The predicted octanol–water partition coefficient (Wildman–Crippen LogP) is 10.6. The third-order valence-corrected chi connectivity index (χ3v) is 9.13. The standard InChI is InChI=1S/C20H24Cl2N2O.C16H17Cl2N.ClH/c1-4-13(2)18(14-5-7-15(21)8-6-14)20(3,19(23)25)24-17-11-9-16(22)10-12-17;1-11(19)16(13-4-8-15(18)9-5-13)10-12-2-6-14(17)7-3-12;/h5-13,18,24H,4H2,1-3H3,(H2,23,25);2-9,11,16H,10,19H2,1H3;1H. The van der Waals surface area contributed by atoms with Gasteiger partial charge in [-0.25, -0.2) is 0 Å². The Labute approximate surface area is 294 Å². The van der Waals surface area contributed by atoms with Crippen LogP contribution in [0, 0.1) is 5.92 Å². The van der Waals surface area contributed by atoms with Crippen molar-refractivity contribution < 1.29 is 4.79 Å². The van der Waals surface area contributed by atoms with Crippen LogP contribution in [0.15, 0.2) is 97.1 Å². The minimum absolute atomic E-state index is 0. The third-order valence-electron chi connectivity index (χ3n) is 8.13. The molecule has 0 saturated carbocycles. The molecule has 0 spiro atoms. The lowest BCUT2D eigenvalue weighted by molar-refractivity contribution is -0.123. The fourth-order valence-electron chi connectivity index (χ4n) is 5.45. The van der Waals surface area contributed by atoms with Crippen LogP contribution in [-0.2, 0) is 11.2 Å². The number of hydrogen-bond donors (Lipinski definition) is 3. The number of nitrogens with one attached hydrogen (secondary N) is 1. The van der Waals surface area contributed by atoms with Crippen LogP contribution in [0.2, 0.25) is 20.1 Å². The first-order chi connectivity index (χ1) is 20.8. The van der Waals surface area contributed by atoms with Gasteiger partial charge in [0.2, 0.25) is 5.91 Å². The molecular weight excluding hydrogens is 668 g/mol. The van der Waals surface area contributed by atoms with E-state index in [0.29, 0.717) is 10.0 Å². The number of carbonyl (C=O) groups excluding carboxylic acids is 1. The minimum Gasteiger partial charge on any atom is -0.371 e. The molecule has 0 bridgehead atoms. The summed E-state index contributed by atoms with van der Waals surface area (Å²) in [6.45, 7) is 8.13. The van der Waals surface area contributed by atoms with Gasteiger partial charge in [-0.15, -0.1) is 12.4 Å². The van der Waals surface area contributed by atoms with E-state index in [2.05, 4.69) is 19.2 Å². The Morgan fingerprint density at radius 1 is 0.733 bits per heavy atom. The highest BCUT2D eigenvalue weighted by Crippen LogP contribution is 2.39. The van der Waals surface area contributed by atoms with Gasteiger partial charge in [-0.3, -0.25) is 4.79 Å². The lowest BCUT2D eigenvalue weighted by Crippen LogP contribution is -2.54. The Bertz CT molecular complexity index is 1460. The number of nitrogens with two attached hydrogens (primary N) is 2. The molecule has 5 unspecified atom stereocenters. The summed E-state index contributed by atoms with van der Waals surface area (Å²) in [6, 6.07) is 30.8. The van der Waals surface area contributed by atoms with Gasteiger partial charge in [0, 0.05) is 43.7 Å². The second-order valence-corrected chi connectivity index (χ2v) is 13.2. The monoisotopic (exact) mass is 707 g/mol. The molecular formula is C36H42Cl5N3O. The summed E-state index contributed by atoms with van der Waals surface area (Å²) < 4.78 is 0. The Morgan fingerprint density at radius 3 is 1.53 bits per heavy atom. The fraction of sp³-hybridized carbons (Fsp3) is 0.306. The molecule has 0 saturated heterocycles. The fourth-order valence-corrected chi connectivity index (χ4v) is 5.96. The molecule has 0 fully saturated rings. The van der Waals surface area contributed by atoms with Gasteiger partial charge in [0.15, 0.2) is 0 Å². The molecule has 0 heterocycles. The quantitative estimate of drug-likeness (QED) is 0.145. The highest BCUT2D eigenvalue weighted by atomic mass is 35.5. The molecule has 4 nitrogen and oxygen atoms in total. The van der Waals surface area contributed by atoms with Crippen molar-refractivity contribution in [2.24, 2.45) is 17.4 Å². The number of rotatable bonds is 11. The SMILES string of the molecule is CC(N)C(Cc1ccc(Cl)cc1)c1ccc(Cl)cc1.CCC(C)C(c1ccc(Cl)cc1)C(C)(Nc1ccc(Cl)cc1)C(N)=O.Cl. The zero-order valence-corrected chi connectivity index (χ0v) is 29.8. The van der Waals surface area contributed by atoms with E-state index < -0.39 is 11.4 Å². The maximum absolute atomic E-state index is 12.5. The van der Waals surface area contributed by atoms with Gasteiger partial charge in [-0.1, -0.05) is 103 Å². The molecule has 0 aliphatic carbocycles. The van der Waals surface area contributed by atoms with Gasteiger partial charge in [0.1, 0.15) is 5.54 Å². The molecule has 9 heteroatoms. The van der Waals surface area contributed by atoms with Crippen molar-refractivity contribution in [1.82, 2.24) is 0 Å². The largest absolute Gasteiger partial charge is 0.371 e. The Hall–Kier alpha value is -2.44. The second-order valence-electron chi connectivity index (χ2n) is 11.5. The van der Waals surface area contributed by atoms with Crippen molar-refractivity contribution in [3.8, 4) is 0 Å². The highest BCUT2D eigenvalue weighted by Gasteiger charge is 2.43. The highest BCUT2D eigenvalue weighted by molar-refractivity contribution is 6.31. The molecule has 4 aromatic carbocycles. The van der Waals surface area contributed by atoms with Crippen molar-refractivity contribution in [2.75, 3.05) is 5.32 Å². The van der Waals surface area contributed by atoms with E-state index in [1.54, 1.807) is 12.1 Å². The van der Waals surface area contributed by atoms with E-state index in [1.807, 2.05) is 98.8 Å². The zero-order valence-electron chi connectivity index (χ0n) is 25.9. The van der Waals surface area contributed by atoms with Gasteiger partial charge in [0.25, 0.3) is 0 Å². The Morgan fingerprint density at radius 2 is 1.13 bits per heavy atom. The first-order valence-electron chi connectivity index (χ1n) is 14.7. The van der Waals surface area contributed by atoms with Gasteiger partial charge in [-0.05, 0) is 104 Å². The number of carbonyl (C=O) groups is 1. The number of hydrogen-bond acceptors (Lipinski definition) is 3. The molecule has 5 atom stereocenters. The molecule has 0 aromatic heterocycles. The van der Waals surface area contributed by atoms with E-state index in [1.165, 1.54) is 11.1 Å². The normalized spacial score (nSPS) is 14.8. The second kappa shape index (κ2) is 18.0. The molecule has 4 aromatic rings. The number of amides is 1. The van der Waals surface area contributed by atoms with Crippen LogP contribution < -0.4 is 16.8 Å². The summed E-state index contributed by atoms with van der Waals surface area (Å²) in [5.41, 5.74) is 15.3. The molecule has 0 radical (unpaired) electrons. The number of primary amides is 1. The first kappa shape index (κ1) is 38.7. The van der Waals surface area contributed by atoms with Gasteiger partial charge in [0.05, 0.1) is 0 Å². The van der Waals surface area contributed by atoms with E-state index in [0.717, 1.165) is 34.1 Å². The zero-order chi connectivity index (χ0) is 32.4. The molecule has 0 aliphatic heterocycles. The predicted molar refractivity (Wildman–Crippen MR) is 197 cm³/mol. The summed E-state index contributed by atoms with van der Waals surface area (Å²) >= 11 is 23.8. The van der Waals surface area contributed by atoms with Gasteiger partial charge in [-0.2, -0.15) is 0 Å². The van der Waals surface area contributed by atoms with E-state index >= 15 is 0 Å². The van der Waals surface area contributed by atoms with E-state index in [-0.39, 0.29) is 36.2 Å². The molecule has 1 amide bonds. The van der Waals surface area contributed by atoms with Crippen molar-refractivity contribution in [3.05, 3.63) is 134 Å². The lowest BCUT2D eigenvalue weighted by atomic mass is 9.71. The summed E-state index contributed by atoms with van der Waals surface area (Å²) in [4.78, 5) is 12.5. The van der Waals surface area contributed by atoms with Crippen LogP contribution in [0.5, 0.6) is 0 Å². The van der Waals surface area contributed by atoms with Crippen LogP contribution in [0.3, 0.4) is 0 Å². The van der Waals surface area contributed by atoms with Crippen LogP contribution >= 0.6 is 58.8 Å². The molecule has 45 heavy (non-hydrogen) atoms. The summed E-state index contributed by atoms with van der Waals surface area (Å²) in [7, 11) is 0. The van der Waals surface area contributed by atoms with Crippen molar-refractivity contribution in [3.63, 3.8) is 0 Å². The maximum atomic E-state index is 12.5. The molecule has 242 valence electrons. The summed E-state index contributed by atoms with van der Waals surface area (Å²) in [5.74, 6) is 0.00237. The maximum Gasteiger partial charge on any atom is 0.243 e. The Balaban J connectivity index is 0.000000317. The first-order valence-corrected chi connectivity index (χ1v) is 16.2. The Kier molecular flexibility index (Phi) is 15.5. The average molecular weight is 710 g/mol. The number of anilines is 1. The van der Waals surface area contributed by atoms with Crippen LogP contribution in [0.4, 0.5) is 5.69 Å². The molecule has 4 rings (SSSR count). The third kappa shape index (κ3) is 11.1. The topological polar surface area (TPSA) is 81.1 Å². The van der Waals surface area contributed by atoms with Crippen LogP contribution in [0.25, 0.3) is 0 Å². The summed E-state index contributed by atoms with van der Waals surface area (Å²) in [6.07, 6.45) is 1.81. The number of halogens is 5. The van der Waals surface area contributed by atoms with Crippen molar-refractivity contribution >= 4 is 70.4 Å². The van der Waals surface area contributed by atoms with E-state index in [4.69, 9.17) is 57.9 Å². The van der Waals surface area contributed by atoms with Crippen LogP contribution in [-0.4, -0.2) is 17.5 Å². The minimum atomic E-state index is -0.961. The van der Waals surface area contributed by atoms with Gasteiger partial charge < -0.3 is 16.8 Å². The van der Waals surface area contributed by atoms with Crippen LogP contribution in [0.1, 0.15) is 62.6 Å². The molecule has 5 N–H and O–H groups in total. The average Bonchev–Trinajstić information content (AvgIpc) is 2.99. The van der Waals surface area contributed by atoms with Crippen molar-refractivity contribution in [1.29, 1.82) is 0 Å². The summed E-state index contributed by atoms with van der Waals surface area (Å²) in [5, 5.41) is 6.16. The smallest absolute Gasteiger partial charge is 0.243 e. The number of benzene rings is 4. The van der Waals surface area contributed by atoms with E-state index in [9.17, 15) is 4.79 Å². The van der Waals surface area contributed by atoms with Gasteiger partial charge >= 0.3 is 0 Å².